The van der Waals surface area contributed by atoms with E-state index in [1.54, 1.807) is 18.9 Å². The molecule has 0 atom stereocenters. The Morgan fingerprint density at radius 3 is 2.54 bits per heavy atom. The SMILES string of the molecule is CCCn1c(C)c(C)c2ccnc(SCc3ccc(OC)cc3)c21. The molecule has 0 fully saturated rings. The molecule has 0 unspecified atom stereocenters. The first-order valence-corrected chi connectivity index (χ1v) is 9.34. The van der Waals surface area contributed by atoms with Crippen molar-refractivity contribution in [1.29, 1.82) is 0 Å². The summed E-state index contributed by atoms with van der Waals surface area (Å²) in [5.41, 5.74) is 5.29. The Labute approximate surface area is 148 Å². The minimum atomic E-state index is 0.895. The van der Waals surface area contributed by atoms with E-state index in [4.69, 9.17) is 4.74 Å². The van der Waals surface area contributed by atoms with Crippen molar-refractivity contribution in [3.63, 3.8) is 0 Å². The van der Waals surface area contributed by atoms with Crippen LogP contribution in [-0.4, -0.2) is 16.7 Å². The van der Waals surface area contributed by atoms with Gasteiger partial charge in [-0.1, -0.05) is 30.8 Å². The minimum absolute atomic E-state index is 0.895. The lowest BCUT2D eigenvalue weighted by atomic mass is 10.2. The smallest absolute Gasteiger partial charge is 0.121 e. The van der Waals surface area contributed by atoms with Crippen LogP contribution < -0.4 is 4.74 Å². The second-order valence-electron chi connectivity index (χ2n) is 6.01. The molecule has 0 aliphatic rings. The predicted molar refractivity (Wildman–Crippen MR) is 102 cm³/mol. The number of benzene rings is 1. The van der Waals surface area contributed by atoms with E-state index < -0.39 is 0 Å². The number of fused-ring (bicyclic) bond motifs is 1. The fourth-order valence-corrected chi connectivity index (χ4v) is 4.03. The van der Waals surface area contributed by atoms with E-state index in [1.165, 1.54) is 27.7 Å². The summed E-state index contributed by atoms with van der Waals surface area (Å²) in [4.78, 5) is 4.67. The highest BCUT2D eigenvalue weighted by Crippen LogP contribution is 2.33. The number of ether oxygens (including phenoxy) is 1. The molecule has 0 radical (unpaired) electrons. The molecule has 0 amide bonds. The zero-order valence-electron chi connectivity index (χ0n) is 14.8. The first-order chi connectivity index (χ1) is 11.7. The lowest BCUT2D eigenvalue weighted by Crippen LogP contribution is -2.00. The van der Waals surface area contributed by atoms with E-state index in [0.29, 0.717) is 0 Å². The van der Waals surface area contributed by atoms with Crippen molar-refractivity contribution in [2.45, 2.75) is 44.5 Å². The normalized spacial score (nSPS) is 11.2. The summed E-state index contributed by atoms with van der Waals surface area (Å²) in [6, 6.07) is 10.4. The maximum atomic E-state index is 5.23. The standard InChI is InChI=1S/C20H24N2OS/c1-5-12-22-15(3)14(2)18-10-11-21-20(19(18)22)24-13-16-6-8-17(23-4)9-7-16/h6-11H,5,12-13H2,1-4H3. The van der Waals surface area contributed by atoms with E-state index >= 15 is 0 Å². The van der Waals surface area contributed by atoms with Crippen LogP contribution in [-0.2, 0) is 12.3 Å². The number of aryl methyl sites for hydroxylation is 2. The van der Waals surface area contributed by atoms with Gasteiger partial charge in [0.25, 0.3) is 0 Å². The van der Waals surface area contributed by atoms with Gasteiger partial charge < -0.3 is 9.30 Å². The molecule has 0 bridgehead atoms. The van der Waals surface area contributed by atoms with Crippen LogP contribution in [0, 0.1) is 13.8 Å². The van der Waals surface area contributed by atoms with Crippen LogP contribution in [0.3, 0.4) is 0 Å². The van der Waals surface area contributed by atoms with Gasteiger partial charge in [0, 0.05) is 29.6 Å². The highest BCUT2D eigenvalue weighted by molar-refractivity contribution is 7.98. The fraction of sp³-hybridized carbons (Fsp3) is 0.350. The van der Waals surface area contributed by atoms with Crippen molar-refractivity contribution in [1.82, 2.24) is 9.55 Å². The van der Waals surface area contributed by atoms with Crippen LogP contribution in [0.1, 0.15) is 30.2 Å². The van der Waals surface area contributed by atoms with Gasteiger partial charge in [-0.15, -0.1) is 0 Å². The highest BCUT2D eigenvalue weighted by Gasteiger charge is 2.15. The molecule has 24 heavy (non-hydrogen) atoms. The Balaban J connectivity index is 1.92. The van der Waals surface area contributed by atoms with Crippen molar-refractivity contribution >= 4 is 22.7 Å². The summed E-state index contributed by atoms with van der Waals surface area (Å²) >= 11 is 1.81. The van der Waals surface area contributed by atoms with Crippen molar-refractivity contribution < 1.29 is 4.74 Å². The Morgan fingerprint density at radius 2 is 1.88 bits per heavy atom. The summed E-state index contributed by atoms with van der Waals surface area (Å²) in [6.45, 7) is 7.68. The van der Waals surface area contributed by atoms with E-state index in [9.17, 15) is 0 Å². The zero-order chi connectivity index (χ0) is 17.1. The van der Waals surface area contributed by atoms with Crippen molar-refractivity contribution in [3.8, 4) is 5.75 Å². The average Bonchev–Trinajstić information content (AvgIpc) is 2.86. The van der Waals surface area contributed by atoms with Crippen molar-refractivity contribution in [2.24, 2.45) is 0 Å². The Kier molecular flexibility index (Phi) is 5.14. The molecule has 0 aliphatic heterocycles. The molecule has 1 aromatic carbocycles. The van der Waals surface area contributed by atoms with E-state index in [1.807, 2.05) is 18.3 Å². The van der Waals surface area contributed by atoms with Gasteiger partial charge in [0.1, 0.15) is 10.8 Å². The second kappa shape index (κ2) is 7.31. The molecule has 3 nitrogen and oxygen atoms in total. The molecule has 2 aromatic heterocycles. The molecule has 0 saturated carbocycles. The number of thioether (sulfide) groups is 1. The van der Waals surface area contributed by atoms with Gasteiger partial charge in [-0.2, -0.15) is 0 Å². The largest absolute Gasteiger partial charge is 0.497 e. The van der Waals surface area contributed by atoms with E-state index in [2.05, 4.69) is 48.5 Å². The molecule has 0 N–H and O–H groups in total. The lowest BCUT2D eigenvalue weighted by molar-refractivity contribution is 0.414. The molecule has 2 heterocycles. The van der Waals surface area contributed by atoms with Crippen LogP contribution in [0.4, 0.5) is 0 Å². The minimum Gasteiger partial charge on any atom is -0.497 e. The molecule has 0 aliphatic carbocycles. The van der Waals surface area contributed by atoms with Crippen molar-refractivity contribution in [3.05, 3.63) is 53.3 Å². The van der Waals surface area contributed by atoms with Gasteiger partial charge >= 0.3 is 0 Å². The molecule has 0 saturated heterocycles. The van der Waals surface area contributed by atoms with Crippen molar-refractivity contribution in [2.75, 3.05) is 7.11 Å². The van der Waals surface area contributed by atoms with Gasteiger partial charge in [-0.3, -0.25) is 0 Å². The van der Waals surface area contributed by atoms with E-state index in [0.717, 1.165) is 29.5 Å². The van der Waals surface area contributed by atoms with Gasteiger partial charge in [0.15, 0.2) is 0 Å². The maximum absolute atomic E-state index is 5.23. The summed E-state index contributed by atoms with van der Waals surface area (Å²) < 4.78 is 7.65. The first-order valence-electron chi connectivity index (χ1n) is 8.35. The summed E-state index contributed by atoms with van der Waals surface area (Å²) in [6.07, 6.45) is 3.06. The Bertz CT molecular complexity index is 837. The molecular formula is C20H24N2OS. The number of methoxy groups -OCH3 is 1. The number of pyridine rings is 1. The maximum Gasteiger partial charge on any atom is 0.121 e. The topological polar surface area (TPSA) is 27.1 Å². The van der Waals surface area contributed by atoms with Crippen LogP contribution in [0.2, 0.25) is 0 Å². The third-order valence-electron chi connectivity index (χ3n) is 4.49. The Hall–Kier alpha value is -1.94. The summed E-state index contributed by atoms with van der Waals surface area (Å²) in [7, 11) is 1.70. The van der Waals surface area contributed by atoms with E-state index in [-0.39, 0.29) is 0 Å². The van der Waals surface area contributed by atoms with Gasteiger partial charge in [-0.25, -0.2) is 4.98 Å². The third kappa shape index (κ3) is 3.16. The second-order valence-corrected chi connectivity index (χ2v) is 6.98. The number of hydrogen-bond donors (Lipinski definition) is 0. The Morgan fingerprint density at radius 1 is 1.12 bits per heavy atom. The third-order valence-corrected chi connectivity index (χ3v) is 5.54. The molecule has 4 heteroatoms. The predicted octanol–water partition coefficient (Wildman–Crippen LogP) is 5.36. The lowest BCUT2D eigenvalue weighted by Gasteiger charge is -2.10. The van der Waals surface area contributed by atoms with Gasteiger partial charge in [0.2, 0.25) is 0 Å². The molecule has 0 spiro atoms. The molecule has 126 valence electrons. The zero-order valence-corrected chi connectivity index (χ0v) is 15.6. The fourth-order valence-electron chi connectivity index (χ4n) is 3.05. The van der Waals surface area contributed by atoms with Crippen LogP contribution >= 0.6 is 11.8 Å². The van der Waals surface area contributed by atoms with Crippen LogP contribution in [0.15, 0.2) is 41.6 Å². The van der Waals surface area contributed by atoms with Crippen LogP contribution in [0.25, 0.3) is 10.9 Å². The summed E-state index contributed by atoms with van der Waals surface area (Å²) in [5.74, 6) is 1.80. The highest BCUT2D eigenvalue weighted by atomic mass is 32.2. The van der Waals surface area contributed by atoms with Gasteiger partial charge in [-0.05, 0) is 49.6 Å². The molecule has 3 rings (SSSR count). The number of rotatable bonds is 6. The number of aromatic nitrogens is 2. The quantitative estimate of drug-likeness (QED) is 0.565. The monoisotopic (exact) mass is 340 g/mol. The summed E-state index contributed by atoms with van der Waals surface area (Å²) in [5, 5.41) is 2.45. The number of nitrogens with zero attached hydrogens (tertiary/aromatic N) is 2. The van der Waals surface area contributed by atoms with Crippen LogP contribution in [0.5, 0.6) is 5.75 Å². The average molecular weight is 340 g/mol. The number of hydrogen-bond acceptors (Lipinski definition) is 3. The molecule has 3 aromatic rings. The molecular weight excluding hydrogens is 316 g/mol. The first kappa shape index (κ1) is 16.9. The van der Waals surface area contributed by atoms with Gasteiger partial charge in [0.05, 0.1) is 12.6 Å².